The molecule has 1 aliphatic heterocycles. The number of aliphatic hydroxyl groups excluding tert-OH is 1. The highest BCUT2D eigenvalue weighted by atomic mass is 35.5. The van der Waals surface area contributed by atoms with Crippen LogP contribution in [0.2, 0.25) is 5.02 Å². The van der Waals surface area contributed by atoms with Gasteiger partial charge in [-0.2, -0.15) is 0 Å². The van der Waals surface area contributed by atoms with Crippen LogP contribution >= 0.6 is 11.6 Å². The highest BCUT2D eigenvalue weighted by Crippen LogP contribution is 2.37. The zero-order chi connectivity index (χ0) is 15.2. The molecule has 5 heteroatoms. The molecule has 2 rings (SSSR count). The molecule has 1 heterocycles. The van der Waals surface area contributed by atoms with Crippen molar-refractivity contribution in [2.45, 2.75) is 38.3 Å². The molecular formula is C16H24ClNO3. The van der Waals surface area contributed by atoms with E-state index in [1.165, 1.54) is 12.8 Å². The van der Waals surface area contributed by atoms with Crippen molar-refractivity contribution in [2.75, 3.05) is 27.4 Å². The molecule has 0 amide bonds. The molecule has 1 aromatic rings. The summed E-state index contributed by atoms with van der Waals surface area (Å²) in [5, 5.41) is 9.58. The van der Waals surface area contributed by atoms with Crippen molar-refractivity contribution in [3.8, 4) is 11.5 Å². The van der Waals surface area contributed by atoms with Crippen molar-refractivity contribution < 1.29 is 14.6 Å². The van der Waals surface area contributed by atoms with Gasteiger partial charge in [0.1, 0.15) is 0 Å². The van der Waals surface area contributed by atoms with Crippen LogP contribution in [0.15, 0.2) is 12.1 Å². The lowest BCUT2D eigenvalue weighted by molar-refractivity contribution is 0.210. The number of rotatable bonds is 7. The van der Waals surface area contributed by atoms with E-state index < -0.39 is 0 Å². The van der Waals surface area contributed by atoms with Crippen LogP contribution in [0, 0.1) is 0 Å². The lowest BCUT2D eigenvalue weighted by Crippen LogP contribution is -2.29. The molecule has 0 radical (unpaired) electrons. The number of methoxy groups -OCH3 is 2. The smallest absolute Gasteiger partial charge is 0.179 e. The van der Waals surface area contributed by atoms with Crippen LogP contribution in [-0.2, 0) is 6.54 Å². The Kier molecular flexibility index (Phi) is 6.15. The molecule has 1 atom stereocenters. The largest absolute Gasteiger partial charge is 0.493 e. The first kappa shape index (κ1) is 16.4. The van der Waals surface area contributed by atoms with Gasteiger partial charge in [-0.15, -0.1) is 0 Å². The Labute approximate surface area is 131 Å². The maximum Gasteiger partial charge on any atom is 0.179 e. The zero-order valence-electron chi connectivity index (χ0n) is 12.8. The van der Waals surface area contributed by atoms with E-state index in [1.807, 2.05) is 12.1 Å². The molecule has 0 aliphatic carbocycles. The molecule has 0 aromatic heterocycles. The van der Waals surface area contributed by atoms with E-state index in [2.05, 4.69) is 4.90 Å². The molecule has 1 unspecified atom stereocenters. The Morgan fingerprint density at radius 1 is 1.33 bits per heavy atom. The average molecular weight is 314 g/mol. The first-order valence-corrected chi connectivity index (χ1v) is 7.82. The second-order valence-electron chi connectivity index (χ2n) is 5.45. The number of likely N-dealkylation sites (tertiary alicyclic amines) is 1. The van der Waals surface area contributed by atoms with Crippen molar-refractivity contribution in [1.82, 2.24) is 4.90 Å². The van der Waals surface area contributed by atoms with Gasteiger partial charge in [0.15, 0.2) is 11.5 Å². The SMILES string of the molecule is COc1cc(CN2CCCC2CCCO)cc(Cl)c1OC. The molecule has 0 spiro atoms. The summed E-state index contributed by atoms with van der Waals surface area (Å²) in [6.45, 7) is 2.23. The van der Waals surface area contributed by atoms with E-state index in [4.69, 9.17) is 26.2 Å². The topological polar surface area (TPSA) is 41.9 Å². The van der Waals surface area contributed by atoms with Crippen molar-refractivity contribution in [1.29, 1.82) is 0 Å². The maximum atomic E-state index is 9.00. The van der Waals surface area contributed by atoms with Crippen LogP contribution in [0.3, 0.4) is 0 Å². The van der Waals surface area contributed by atoms with Crippen LogP contribution in [0.5, 0.6) is 11.5 Å². The highest BCUT2D eigenvalue weighted by molar-refractivity contribution is 6.32. The van der Waals surface area contributed by atoms with Crippen molar-refractivity contribution >= 4 is 11.6 Å². The number of hydrogen-bond acceptors (Lipinski definition) is 4. The Balaban J connectivity index is 2.10. The third kappa shape index (κ3) is 4.02. The van der Waals surface area contributed by atoms with Crippen LogP contribution in [0.1, 0.15) is 31.2 Å². The fourth-order valence-electron chi connectivity index (χ4n) is 3.05. The van der Waals surface area contributed by atoms with E-state index in [0.717, 1.165) is 31.5 Å². The van der Waals surface area contributed by atoms with Crippen molar-refractivity contribution in [2.24, 2.45) is 0 Å². The van der Waals surface area contributed by atoms with Gasteiger partial charge in [-0.05, 0) is 49.9 Å². The molecule has 1 aromatic carbocycles. The predicted octanol–water partition coefficient (Wildman–Crippen LogP) is 3.09. The van der Waals surface area contributed by atoms with E-state index in [0.29, 0.717) is 22.6 Å². The summed E-state index contributed by atoms with van der Waals surface area (Å²) in [4.78, 5) is 2.47. The minimum Gasteiger partial charge on any atom is -0.493 e. The molecule has 0 bridgehead atoms. The lowest BCUT2D eigenvalue weighted by Gasteiger charge is -2.25. The first-order chi connectivity index (χ1) is 10.2. The standard InChI is InChI=1S/C16H24ClNO3/c1-20-15-10-12(9-14(17)16(15)21-2)11-18-7-3-5-13(18)6-4-8-19/h9-10,13,19H,3-8,11H2,1-2H3. The molecule has 1 aliphatic rings. The minimum atomic E-state index is 0.270. The van der Waals surface area contributed by atoms with E-state index in [-0.39, 0.29) is 6.61 Å². The number of nitrogens with zero attached hydrogens (tertiary/aromatic N) is 1. The summed E-state index contributed by atoms with van der Waals surface area (Å²) < 4.78 is 10.6. The molecule has 1 fully saturated rings. The van der Waals surface area contributed by atoms with Gasteiger partial charge in [0.2, 0.25) is 0 Å². The molecule has 0 saturated carbocycles. The maximum absolute atomic E-state index is 9.00. The fraction of sp³-hybridized carbons (Fsp3) is 0.625. The molecule has 118 valence electrons. The summed E-state index contributed by atoms with van der Waals surface area (Å²) >= 11 is 6.26. The van der Waals surface area contributed by atoms with Crippen LogP contribution < -0.4 is 9.47 Å². The summed E-state index contributed by atoms with van der Waals surface area (Å²) in [5.74, 6) is 1.26. The Morgan fingerprint density at radius 3 is 2.81 bits per heavy atom. The van der Waals surface area contributed by atoms with Gasteiger partial charge in [0.05, 0.1) is 19.2 Å². The Bertz CT molecular complexity index is 467. The summed E-state index contributed by atoms with van der Waals surface area (Å²) in [7, 11) is 3.21. The van der Waals surface area contributed by atoms with Gasteiger partial charge in [0.25, 0.3) is 0 Å². The Morgan fingerprint density at radius 2 is 2.14 bits per heavy atom. The summed E-state index contributed by atoms with van der Waals surface area (Å²) in [6.07, 6.45) is 4.35. The third-order valence-corrected chi connectivity index (χ3v) is 4.35. The molecule has 1 N–H and O–H groups in total. The monoisotopic (exact) mass is 313 g/mol. The summed E-state index contributed by atoms with van der Waals surface area (Å²) in [6, 6.07) is 4.50. The lowest BCUT2D eigenvalue weighted by atomic mass is 10.1. The second-order valence-corrected chi connectivity index (χ2v) is 5.85. The fourth-order valence-corrected chi connectivity index (χ4v) is 3.36. The molecule has 1 saturated heterocycles. The van der Waals surface area contributed by atoms with E-state index in [9.17, 15) is 0 Å². The van der Waals surface area contributed by atoms with Crippen molar-refractivity contribution in [3.63, 3.8) is 0 Å². The number of ether oxygens (including phenoxy) is 2. The minimum absolute atomic E-state index is 0.270. The van der Waals surface area contributed by atoms with Crippen LogP contribution in [0.25, 0.3) is 0 Å². The summed E-state index contributed by atoms with van der Waals surface area (Å²) in [5.41, 5.74) is 1.13. The van der Waals surface area contributed by atoms with E-state index >= 15 is 0 Å². The zero-order valence-corrected chi connectivity index (χ0v) is 13.5. The predicted molar refractivity (Wildman–Crippen MR) is 84.3 cm³/mol. The highest BCUT2D eigenvalue weighted by Gasteiger charge is 2.24. The molecular weight excluding hydrogens is 290 g/mol. The number of hydrogen-bond donors (Lipinski definition) is 1. The molecule has 21 heavy (non-hydrogen) atoms. The molecule has 4 nitrogen and oxygen atoms in total. The first-order valence-electron chi connectivity index (χ1n) is 7.45. The normalized spacial score (nSPS) is 19.0. The average Bonchev–Trinajstić information content (AvgIpc) is 2.91. The van der Waals surface area contributed by atoms with Gasteiger partial charge in [0, 0.05) is 19.2 Å². The number of aliphatic hydroxyl groups is 1. The second kappa shape index (κ2) is 7.87. The van der Waals surface area contributed by atoms with Gasteiger partial charge in [-0.1, -0.05) is 11.6 Å². The van der Waals surface area contributed by atoms with Gasteiger partial charge < -0.3 is 14.6 Å². The quantitative estimate of drug-likeness (QED) is 0.840. The van der Waals surface area contributed by atoms with Gasteiger partial charge in [-0.3, -0.25) is 4.90 Å². The third-order valence-electron chi connectivity index (χ3n) is 4.07. The Hall–Kier alpha value is -0.970. The van der Waals surface area contributed by atoms with Crippen LogP contribution in [-0.4, -0.2) is 43.4 Å². The number of benzene rings is 1. The number of halogens is 1. The van der Waals surface area contributed by atoms with E-state index in [1.54, 1.807) is 14.2 Å². The van der Waals surface area contributed by atoms with Gasteiger partial charge >= 0.3 is 0 Å². The van der Waals surface area contributed by atoms with Crippen molar-refractivity contribution in [3.05, 3.63) is 22.7 Å². The van der Waals surface area contributed by atoms with Gasteiger partial charge in [-0.25, -0.2) is 0 Å². The van der Waals surface area contributed by atoms with Crippen LogP contribution in [0.4, 0.5) is 0 Å².